The number of hydrogen-bond acceptors (Lipinski definition) is 1. The largest absolute Gasteiger partial charge is 0.258 e. The van der Waals surface area contributed by atoms with E-state index in [-0.39, 0.29) is 0 Å². The van der Waals surface area contributed by atoms with E-state index in [1.165, 1.54) is 18.5 Å². The molecule has 0 aliphatic heterocycles. The van der Waals surface area contributed by atoms with Crippen molar-refractivity contribution in [2.75, 3.05) is 0 Å². The monoisotopic (exact) mass is 189 g/mol. The number of rotatable bonds is 3. The van der Waals surface area contributed by atoms with Crippen LogP contribution in [0.15, 0.2) is 18.2 Å². The first-order valence-electron chi connectivity index (χ1n) is 5.60. The van der Waals surface area contributed by atoms with E-state index in [1.54, 1.807) is 0 Å². The summed E-state index contributed by atoms with van der Waals surface area (Å²) in [5.41, 5.74) is 2.47. The van der Waals surface area contributed by atoms with Crippen LogP contribution in [0.4, 0.5) is 0 Å². The lowest BCUT2D eigenvalue weighted by molar-refractivity contribution is 0.530. The van der Waals surface area contributed by atoms with Crippen LogP contribution in [0.25, 0.3) is 0 Å². The van der Waals surface area contributed by atoms with Crippen LogP contribution in [-0.4, -0.2) is 4.98 Å². The molecule has 1 aliphatic carbocycles. The van der Waals surface area contributed by atoms with Gasteiger partial charge < -0.3 is 0 Å². The Balaban J connectivity index is 1.99. The molecule has 1 aliphatic rings. The summed E-state index contributed by atoms with van der Waals surface area (Å²) < 4.78 is 0. The van der Waals surface area contributed by atoms with Crippen LogP contribution in [0, 0.1) is 18.8 Å². The van der Waals surface area contributed by atoms with Gasteiger partial charge in [-0.3, -0.25) is 4.98 Å². The van der Waals surface area contributed by atoms with E-state index in [0.29, 0.717) is 0 Å². The molecule has 1 saturated carbocycles. The van der Waals surface area contributed by atoms with Gasteiger partial charge in [-0.25, -0.2) is 0 Å². The van der Waals surface area contributed by atoms with E-state index < -0.39 is 0 Å². The Kier molecular flexibility index (Phi) is 2.58. The lowest BCUT2D eigenvalue weighted by Crippen LogP contribution is -1.93. The molecule has 1 aromatic rings. The Morgan fingerprint density at radius 1 is 1.43 bits per heavy atom. The summed E-state index contributed by atoms with van der Waals surface area (Å²) in [6, 6.07) is 6.38. The van der Waals surface area contributed by atoms with Crippen LogP contribution in [0.1, 0.15) is 44.0 Å². The van der Waals surface area contributed by atoms with Crippen LogP contribution in [0.5, 0.6) is 0 Å². The van der Waals surface area contributed by atoms with Crippen molar-refractivity contribution in [2.45, 2.75) is 39.5 Å². The molecule has 2 atom stereocenters. The molecule has 76 valence electrons. The molecular weight excluding hydrogens is 170 g/mol. The Hall–Kier alpha value is -0.850. The Labute approximate surface area is 86.6 Å². The second kappa shape index (κ2) is 3.72. The third-order valence-electron chi connectivity index (χ3n) is 2.99. The van der Waals surface area contributed by atoms with Crippen molar-refractivity contribution in [3.05, 3.63) is 29.6 Å². The minimum Gasteiger partial charge on any atom is -0.258 e. The Morgan fingerprint density at radius 2 is 2.21 bits per heavy atom. The lowest BCUT2D eigenvalue weighted by atomic mass is 10.0. The smallest absolute Gasteiger partial charge is 0.0440 e. The molecule has 0 amide bonds. The first kappa shape index (κ1) is 9.70. The molecule has 1 unspecified atom stereocenters. The van der Waals surface area contributed by atoms with Crippen molar-refractivity contribution in [1.82, 2.24) is 4.98 Å². The standard InChI is InChI=1S/C13H19N/c1-9(2)7-11-8-12(11)13-6-4-5-10(3)14-13/h4-6,9,11-12H,7-8H2,1-3H3/t11-,12?/m1/s1. The van der Waals surface area contributed by atoms with Gasteiger partial charge in [-0.1, -0.05) is 19.9 Å². The van der Waals surface area contributed by atoms with Gasteiger partial charge in [0.05, 0.1) is 0 Å². The third kappa shape index (κ3) is 2.14. The van der Waals surface area contributed by atoms with Crippen LogP contribution in [0.2, 0.25) is 0 Å². The fraction of sp³-hybridized carbons (Fsp3) is 0.615. The SMILES string of the molecule is Cc1cccc(C2C[C@H]2CC(C)C)n1. The molecular formula is C13H19N. The average molecular weight is 189 g/mol. The maximum atomic E-state index is 4.59. The Bertz CT molecular complexity index is 317. The molecule has 0 saturated heterocycles. The maximum Gasteiger partial charge on any atom is 0.0440 e. The van der Waals surface area contributed by atoms with E-state index in [1.807, 2.05) is 0 Å². The van der Waals surface area contributed by atoms with E-state index in [2.05, 4.69) is 44.0 Å². The van der Waals surface area contributed by atoms with Gasteiger partial charge in [-0.2, -0.15) is 0 Å². The fourth-order valence-electron chi connectivity index (χ4n) is 2.25. The summed E-state index contributed by atoms with van der Waals surface area (Å²) >= 11 is 0. The molecule has 14 heavy (non-hydrogen) atoms. The van der Waals surface area contributed by atoms with Crippen molar-refractivity contribution >= 4 is 0 Å². The van der Waals surface area contributed by atoms with Gasteiger partial charge in [-0.05, 0) is 43.7 Å². The summed E-state index contributed by atoms with van der Waals surface area (Å²) in [5.74, 6) is 2.50. The van der Waals surface area contributed by atoms with Gasteiger partial charge in [0.15, 0.2) is 0 Å². The molecule has 1 heterocycles. The highest BCUT2D eigenvalue weighted by Gasteiger charge is 2.39. The van der Waals surface area contributed by atoms with Crippen LogP contribution in [-0.2, 0) is 0 Å². The molecule has 0 bridgehead atoms. The van der Waals surface area contributed by atoms with Gasteiger partial charge in [-0.15, -0.1) is 0 Å². The van der Waals surface area contributed by atoms with Gasteiger partial charge in [0, 0.05) is 17.3 Å². The number of nitrogens with zero attached hydrogens (tertiary/aromatic N) is 1. The predicted octanol–water partition coefficient (Wildman–Crippen LogP) is 3.54. The first-order valence-corrected chi connectivity index (χ1v) is 5.60. The van der Waals surface area contributed by atoms with E-state index in [9.17, 15) is 0 Å². The van der Waals surface area contributed by atoms with E-state index in [4.69, 9.17) is 0 Å². The quantitative estimate of drug-likeness (QED) is 0.708. The molecule has 0 spiro atoms. The normalized spacial score (nSPS) is 25.4. The van der Waals surface area contributed by atoms with Crippen molar-refractivity contribution in [3.8, 4) is 0 Å². The topological polar surface area (TPSA) is 12.9 Å². The molecule has 0 radical (unpaired) electrons. The number of aryl methyl sites for hydroxylation is 1. The zero-order valence-electron chi connectivity index (χ0n) is 9.33. The fourth-order valence-corrected chi connectivity index (χ4v) is 2.25. The van der Waals surface area contributed by atoms with Crippen molar-refractivity contribution < 1.29 is 0 Å². The van der Waals surface area contributed by atoms with E-state index in [0.717, 1.165) is 23.4 Å². The van der Waals surface area contributed by atoms with Gasteiger partial charge >= 0.3 is 0 Å². The highest BCUT2D eigenvalue weighted by Crippen LogP contribution is 2.50. The van der Waals surface area contributed by atoms with Crippen molar-refractivity contribution in [3.63, 3.8) is 0 Å². The van der Waals surface area contributed by atoms with Gasteiger partial charge in [0.2, 0.25) is 0 Å². The molecule has 0 aromatic carbocycles. The van der Waals surface area contributed by atoms with Gasteiger partial charge in [0.1, 0.15) is 0 Å². The number of hydrogen-bond donors (Lipinski definition) is 0. The summed E-state index contributed by atoms with van der Waals surface area (Å²) in [5, 5.41) is 0. The molecule has 1 heteroatoms. The molecule has 2 rings (SSSR count). The first-order chi connectivity index (χ1) is 6.66. The highest BCUT2D eigenvalue weighted by molar-refractivity contribution is 5.20. The van der Waals surface area contributed by atoms with Crippen LogP contribution < -0.4 is 0 Å². The summed E-state index contributed by atoms with van der Waals surface area (Å²) in [7, 11) is 0. The highest BCUT2D eigenvalue weighted by atomic mass is 14.7. The molecule has 1 fully saturated rings. The van der Waals surface area contributed by atoms with Crippen molar-refractivity contribution in [2.24, 2.45) is 11.8 Å². The zero-order valence-corrected chi connectivity index (χ0v) is 9.33. The summed E-state index contributed by atoms with van der Waals surface area (Å²) in [6.07, 6.45) is 2.72. The molecule has 0 N–H and O–H groups in total. The zero-order chi connectivity index (χ0) is 10.1. The summed E-state index contributed by atoms with van der Waals surface area (Å²) in [6.45, 7) is 6.68. The maximum absolute atomic E-state index is 4.59. The number of pyridine rings is 1. The second-order valence-corrected chi connectivity index (χ2v) is 4.94. The minimum absolute atomic E-state index is 0.761. The van der Waals surface area contributed by atoms with E-state index >= 15 is 0 Å². The predicted molar refractivity (Wildman–Crippen MR) is 59.3 cm³/mol. The summed E-state index contributed by atoms with van der Waals surface area (Å²) in [4.78, 5) is 4.59. The van der Waals surface area contributed by atoms with Crippen molar-refractivity contribution in [1.29, 1.82) is 0 Å². The van der Waals surface area contributed by atoms with Gasteiger partial charge in [0.25, 0.3) is 0 Å². The van der Waals surface area contributed by atoms with Crippen LogP contribution >= 0.6 is 0 Å². The number of aromatic nitrogens is 1. The Morgan fingerprint density at radius 3 is 2.86 bits per heavy atom. The average Bonchev–Trinajstić information content (AvgIpc) is 2.82. The minimum atomic E-state index is 0.761. The van der Waals surface area contributed by atoms with Crippen LogP contribution in [0.3, 0.4) is 0 Å². The third-order valence-corrected chi connectivity index (χ3v) is 2.99. The second-order valence-electron chi connectivity index (χ2n) is 4.94. The molecule has 1 aromatic heterocycles. The molecule has 1 nitrogen and oxygen atoms in total. The lowest BCUT2D eigenvalue weighted by Gasteiger charge is -2.03.